The number of hydrogen-bond acceptors (Lipinski definition) is 6. The third kappa shape index (κ3) is 4.42. The lowest BCUT2D eigenvalue weighted by Gasteiger charge is -2.13. The smallest absolute Gasteiger partial charge is 0.212 e. The Hall–Kier alpha value is -3.62. The predicted octanol–water partition coefficient (Wildman–Crippen LogP) is 3.28. The Morgan fingerprint density at radius 1 is 1.29 bits per heavy atom. The highest BCUT2D eigenvalue weighted by Crippen LogP contribution is 2.49. The van der Waals surface area contributed by atoms with Crippen LogP contribution in [0.4, 0.5) is 4.39 Å². The van der Waals surface area contributed by atoms with Crippen LogP contribution in [0.1, 0.15) is 24.8 Å². The first kappa shape index (κ1) is 22.2. The van der Waals surface area contributed by atoms with Gasteiger partial charge in [-0.1, -0.05) is 12.1 Å². The lowest BCUT2D eigenvalue weighted by molar-refractivity contribution is 0.535. The number of halogens is 1. The average Bonchev–Trinajstić information content (AvgIpc) is 3.19. The lowest BCUT2D eigenvalue weighted by atomic mass is 10.0. The average molecular weight is 480 g/mol. The zero-order valence-corrected chi connectivity index (χ0v) is 19.2. The van der Waals surface area contributed by atoms with Gasteiger partial charge in [0.1, 0.15) is 11.6 Å². The Balaban J connectivity index is 1.37. The first-order valence-corrected chi connectivity index (χ1v) is 12.4. The molecule has 11 heteroatoms. The molecule has 174 valence electrons. The van der Waals surface area contributed by atoms with Gasteiger partial charge in [-0.15, -0.1) is 0 Å². The number of pyridine rings is 1. The maximum Gasteiger partial charge on any atom is 0.212 e. The molecule has 0 unspecified atom stereocenters. The summed E-state index contributed by atoms with van der Waals surface area (Å²) in [5.41, 5.74) is 3.11. The Morgan fingerprint density at radius 2 is 2.12 bits per heavy atom. The number of benzene rings is 1. The molecule has 3 heterocycles. The molecule has 0 aliphatic heterocycles. The molecule has 0 radical (unpaired) electrons. The Morgan fingerprint density at radius 3 is 2.79 bits per heavy atom. The van der Waals surface area contributed by atoms with E-state index in [9.17, 15) is 12.8 Å². The molecule has 1 aromatic carbocycles. The van der Waals surface area contributed by atoms with Gasteiger partial charge in [-0.05, 0) is 36.0 Å². The zero-order valence-electron chi connectivity index (χ0n) is 18.4. The molecule has 5 rings (SSSR count). The van der Waals surface area contributed by atoms with Crippen molar-refractivity contribution in [1.82, 2.24) is 29.5 Å². The van der Waals surface area contributed by atoms with Crippen LogP contribution >= 0.6 is 0 Å². The number of imidazole rings is 1. The molecule has 1 aliphatic carbocycles. The molecule has 4 aromatic rings. The molecular formula is C23H22FN7O2S. The van der Waals surface area contributed by atoms with Crippen molar-refractivity contribution in [2.45, 2.75) is 25.8 Å². The van der Waals surface area contributed by atoms with E-state index < -0.39 is 21.3 Å². The fraction of sp³-hybridized carbons (Fsp3) is 0.304. The molecule has 0 spiro atoms. The number of sulfonamides is 1. The fourth-order valence-electron chi connectivity index (χ4n) is 4.05. The summed E-state index contributed by atoms with van der Waals surface area (Å²) in [6.07, 6.45) is 6.80. The molecule has 0 amide bonds. The highest BCUT2D eigenvalue weighted by Gasteiger charge is 2.45. The number of rotatable bonds is 8. The summed E-state index contributed by atoms with van der Waals surface area (Å²) in [4.78, 5) is 12.1. The molecule has 0 atom stereocenters. The second-order valence-electron chi connectivity index (χ2n) is 8.77. The van der Waals surface area contributed by atoms with E-state index in [0.717, 1.165) is 24.0 Å². The maximum atomic E-state index is 14.9. The van der Waals surface area contributed by atoms with Crippen LogP contribution in [0.2, 0.25) is 0 Å². The van der Waals surface area contributed by atoms with Crippen molar-refractivity contribution >= 4 is 21.2 Å². The van der Waals surface area contributed by atoms with Crippen molar-refractivity contribution in [3.05, 3.63) is 54.2 Å². The zero-order chi connectivity index (χ0) is 23.9. The van der Waals surface area contributed by atoms with Gasteiger partial charge in [-0.25, -0.2) is 27.5 Å². The molecule has 0 bridgehead atoms. The molecule has 1 aliphatic rings. The Kier molecular flexibility index (Phi) is 5.42. The van der Waals surface area contributed by atoms with E-state index in [1.807, 2.05) is 13.2 Å². The molecule has 9 nitrogen and oxygen atoms in total. The van der Waals surface area contributed by atoms with Gasteiger partial charge in [0.2, 0.25) is 10.0 Å². The number of aromatic amines is 1. The van der Waals surface area contributed by atoms with Gasteiger partial charge < -0.3 is 4.98 Å². The van der Waals surface area contributed by atoms with Gasteiger partial charge in [0.25, 0.3) is 0 Å². The van der Waals surface area contributed by atoms with Crippen LogP contribution < -0.4 is 4.72 Å². The molecule has 1 saturated carbocycles. The van der Waals surface area contributed by atoms with E-state index >= 15 is 0 Å². The van der Waals surface area contributed by atoms with E-state index in [2.05, 4.69) is 30.8 Å². The fourth-order valence-corrected chi connectivity index (χ4v) is 5.72. The largest absolute Gasteiger partial charge is 0.336 e. The van der Waals surface area contributed by atoms with Gasteiger partial charge in [0, 0.05) is 43.5 Å². The Labute approximate surface area is 195 Å². The third-order valence-corrected chi connectivity index (χ3v) is 7.70. The second kappa shape index (κ2) is 8.30. The van der Waals surface area contributed by atoms with Crippen LogP contribution in [-0.4, -0.2) is 38.9 Å². The topological polar surface area (TPSA) is 129 Å². The summed E-state index contributed by atoms with van der Waals surface area (Å²) < 4.78 is 43.9. The number of aromatic nitrogens is 5. The van der Waals surface area contributed by atoms with Crippen molar-refractivity contribution < 1.29 is 12.8 Å². The summed E-state index contributed by atoms with van der Waals surface area (Å²) in [5.74, 6) is -0.0175. The minimum atomic E-state index is -3.62. The van der Waals surface area contributed by atoms with Crippen LogP contribution in [0.15, 0.2) is 42.9 Å². The first-order chi connectivity index (χ1) is 16.3. The van der Waals surface area contributed by atoms with E-state index in [0.29, 0.717) is 22.6 Å². The van der Waals surface area contributed by atoms with E-state index in [1.165, 1.54) is 6.07 Å². The quantitative estimate of drug-likeness (QED) is 0.399. The molecule has 0 saturated heterocycles. The summed E-state index contributed by atoms with van der Waals surface area (Å²) in [5, 5.41) is 13.1. The van der Waals surface area contributed by atoms with Gasteiger partial charge in [0.15, 0.2) is 5.65 Å². The standard InChI is InChI=1S/C23H22FN7O2S/c1-31-13-17(11-27-31)21-29-20-18(4-9-26-22(20)30-21)15-2-3-16(19(24)10-15)12-28-34(32,33)14-23(5-6-23)7-8-25/h2-4,9-11,13,28H,5-7,12,14H2,1H3,(H,26,29,30). The summed E-state index contributed by atoms with van der Waals surface area (Å²) in [6.45, 7) is -0.155. The van der Waals surface area contributed by atoms with Crippen molar-refractivity contribution in [2.75, 3.05) is 5.75 Å². The van der Waals surface area contributed by atoms with Gasteiger partial charge >= 0.3 is 0 Å². The number of hydrogen-bond donors (Lipinski definition) is 2. The van der Waals surface area contributed by atoms with Crippen molar-refractivity contribution in [1.29, 1.82) is 5.26 Å². The monoisotopic (exact) mass is 479 g/mol. The predicted molar refractivity (Wildman–Crippen MR) is 124 cm³/mol. The maximum absolute atomic E-state index is 14.9. The van der Waals surface area contributed by atoms with E-state index in [4.69, 9.17) is 5.26 Å². The molecule has 3 aromatic heterocycles. The number of H-pyrrole nitrogens is 1. The number of nitrogens with one attached hydrogen (secondary N) is 2. The van der Waals surface area contributed by atoms with E-state index in [1.54, 1.807) is 35.3 Å². The normalized spacial score (nSPS) is 14.9. The van der Waals surface area contributed by atoms with Gasteiger partial charge in [-0.3, -0.25) is 4.68 Å². The first-order valence-electron chi connectivity index (χ1n) is 10.7. The summed E-state index contributed by atoms with van der Waals surface area (Å²) in [6, 6.07) is 8.51. The van der Waals surface area contributed by atoms with Crippen molar-refractivity contribution in [3.63, 3.8) is 0 Å². The molecule has 34 heavy (non-hydrogen) atoms. The Bertz CT molecular complexity index is 1530. The van der Waals surface area contributed by atoms with Gasteiger partial charge in [-0.2, -0.15) is 10.4 Å². The second-order valence-corrected chi connectivity index (χ2v) is 10.6. The van der Waals surface area contributed by atoms with E-state index in [-0.39, 0.29) is 24.3 Å². The van der Waals surface area contributed by atoms with Crippen LogP contribution in [0.3, 0.4) is 0 Å². The molecule has 1 fully saturated rings. The van der Waals surface area contributed by atoms with Crippen LogP contribution in [0.5, 0.6) is 0 Å². The van der Waals surface area contributed by atoms with Crippen molar-refractivity contribution in [3.8, 4) is 28.6 Å². The van der Waals surface area contributed by atoms with Crippen LogP contribution in [0.25, 0.3) is 33.7 Å². The molecule has 2 N–H and O–H groups in total. The summed E-state index contributed by atoms with van der Waals surface area (Å²) >= 11 is 0. The van der Waals surface area contributed by atoms with Gasteiger partial charge in [0.05, 0.1) is 29.1 Å². The van der Waals surface area contributed by atoms with Crippen LogP contribution in [0, 0.1) is 22.6 Å². The highest BCUT2D eigenvalue weighted by molar-refractivity contribution is 7.89. The highest BCUT2D eigenvalue weighted by atomic mass is 32.2. The minimum absolute atomic E-state index is 0.110. The number of nitrogens with zero attached hydrogens (tertiary/aromatic N) is 5. The number of aryl methyl sites for hydroxylation is 1. The SMILES string of the molecule is Cn1cc(-c2nc3nccc(-c4ccc(CNS(=O)(=O)CC5(CC#N)CC5)c(F)c4)c3[nH]2)cn1. The molecular weight excluding hydrogens is 457 g/mol. The third-order valence-electron chi connectivity index (χ3n) is 6.12. The number of fused-ring (bicyclic) bond motifs is 1. The number of nitriles is 1. The van der Waals surface area contributed by atoms with Crippen molar-refractivity contribution in [2.24, 2.45) is 12.5 Å². The summed E-state index contributed by atoms with van der Waals surface area (Å²) in [7, 11) is -1.81. The lowest BCUT2D eigenvalue weighted by Crippen LogP contribution is -2.30. The van der Waals surface area contributed by atoms with Crippen LogP contribution in [-0.2, 0) is 23.6 Å². The minimum Gasteiger partial charge on any atom is -0.336 e.